The maximum absolute atomic E-state index is 14.2. The third kappa shape index (κ3) is 11.8. The molecule has 1 heterocycles. The number of likely N-dealkylation sites (N-methyl/N-ethyl adjacent to an activating group) is 1. The van der Waals surface area contributed by atoms with Crippen molar-refractivity contribution in [2.45, 2.75) is 111 Å². The fourth-order valence-corrected chi connectivity index (χ4v) is 5.89. The molecule has 0 spiro atoms. The zero-order valence-electron chi connectivity index (χ0n) is 32.1. The number of hydrogen-bond acceptors (Lipinski definition) is 7. The molecule has 0 saturated carbocycles. The molecule has 0 radical (unpaired) electrons. The van der Waals surface area contributed by atoms with Crippen LogP contribution in [0.15, 0.2) is 30.3 Å². The van der Waals surface area contributed by atoms with E-state index in [2.05, 4.69) is 26.6 Å². The predicted octanol–water partition coefficient (Wildman–Crippen LogP) is 2.29. The highest BCUT2D eigenvalue weighted by Crippen LogP contribution is 2.34. The maximum atomic E-state index is 14.2. The number of benzene rings is 1. The number of ketones is 1. The summed E-state index contributed by atoms with van der Waals surface area (Å²) >= 11 is 0. The Morgan fingerprint density at radius 3 is 2.04 bits per heavy atom. The lowest BCUT2D eigenvalue weighted by atomic mass is 9.83. The second kappa shape index (κ2) is 18.1. The van der Waals surface area contributed by atoms with Gasteiger partial charge in [-0.15, -0.1) is 0 Å². The lowest BCUT2D eigenvalue weighted by Crippen LogP contribution is -2.62. The van der Waals surface area contributed by atoms with E-state index in [1.54, 1.807) is 44.4 Å². The number of likely N-dealkylation sites (tertiary alicyclic amines) is 1. The van der Waals surface area contributed by atoms with E-state index < -0.39 is 77.1 Å². The summed E-state index contributed by atoms with van der Waals surface area (Å²) in [6.45, 7) is 16.3. The summed E-state index contributed by atoms with van der Waals surface area (Å²) in [6, 6.07) is 3.94. The SMILES string of the molecule is CC[C@@H](C)C1CCN(C(=O)C(NC(=O)NC(C)(C)CC)C(C)(C)C)C1C(=O)NC(C)C(=O)C(=O)NCC(=O)NC(C(=O)N(C)C)c1ccccc1. The third-order valence-corrected chi connectivity index (χ3v) is 9.61. The number of nitrogens with one attached hydrogen (secondary N) is 5. The van der Waals surface area contributed by atoms with Crippen LogP contribution in [0.4, 0.5) is 4.79 Å². The van der Waals surface area contributed by atoms with Gasteiger partial charge >= 0.3 is 6.03 Å². The maximum Gasteiger partial charge on any atom is 0.315 e. The van der Waals surface area contributed by atoms with Crippen molar-refractivity contribution in [1.82, 2.24) is 36.4 Å². The van der Waals surface area contributed by atoms with E-state index in [0.29, 0.717) is 18.4 Å². The van der Waals surface area contributed by atoms with Crippen LogP contribution in [0, 0.1) is 17.3 Å². The quantitative estimate of drug-likeness (QED) is 0.173. The van der Waals surface area contributed by atoms with Gasteiger partial charge in [-0.25, -0.2) is 4.79 Å². The van der Waals surface area contributed by atoms with Gasteiger partial charge in [-0.3, -0.25) is 28.8 Å². The fraction of sp³-hybridized carbons (Fsp3) is 0.649. The van der Waals surface area contributed by atoms with Gasteiger partial charge in [-0.2, -0.15) is 0 Å². The Morgan fingerprint density at radius 1 is 0.902 bits per heavy atom. The van der Waals surface area contributed by atoms with Gasteiger partial charge in [0.2, 0.25) is 29.4 Å². The second-order valence-electron chi connectivity index (χ2n) is 15.4. The lowest BCUT2D eigenvalue weighted by Gasteiger charge is -2.37. The first-order valence-electron chi connectivity index (χ1n) is 17.7. The molecular weight excluding hydrogens is 654 g/mol. The number of carbonyl (C=O) groups is 7. The summed E-state index contributed by atoms with van der Waals surface area (Å²) in [5.74, 6) is -4.32. The van der Waals surface area contributed by atoms with Crippen LogP contribution in [0.25, 0.3) is 0 Å². The lowest BCUT2D eigenvalue weighted by molar-refractivity contribution is -0.144. The van der Waals surface area contributed by atoms with Gasteiger partial charge < -0.3 is 36.4 Å². The van der Waals surface area contributed by atoms with Gasteiger partial charge in [0.05, 0.1) is 12.6 Å². The molecule has 0 aromatic heterocycles. The molecule has 1 aliphatic rings. The van der Waals surface area contributed by atoms with Crippen LogP contribution in [0.5, 0.6) is 0 Å². The van der Waals surface area contributed by atoms with Gasteiger partial charge in [-0.1, -0.05) is 78.3 Å². The number of carbonyl (C=O) groups excluding carboxylic acids is 7. The molecule has 1 aliphatic heterocycles. The Bertz CT molecular complexity index is 1420. The molecule has 284 valence electrons. The van der Waals surface area contributed by atoms with E-state index in [1.165, 1.54) is 16.7 Å². The van der Waals surface area contributed by atoms with Crippen LogP contribution < -0.4 is 26.6 Å². The van der Waals surface area contributed by atoms with Gasteiger partial charge in [0.25, 0.3) is 5.91 Å². The highest BCUT2D eigenvalue weighted by atomic mass is 16.2. The molecule has 14 nitrogen and oxygen atoms in total. The van der Waals surface area contributed by atoms with Gasteiger partial charge in [0.1, 0.15) is 18.1 Å². The zero-order chi connectivity index (χ0) is 38.8. The molecule has 2 rings (SSSR count). The van der Waals surface area contributed by atoms with Crippen LogP contribution in [0.1, 0.15) is 93.2 Å². The molecular formula is C37H59N7O7. The molecule has 7 amide bonds. The minimum atomic E-state index is -1.28. The number of hydrogen-bond donors (Lipinski definition) is 5. The van der Waals surface area contributed by atoms with Crippen molar-refractivity contribution in [3.05, 3.63) is 35.9 Å². The molecule has 0 bridgehead atoms. The Morgan fingerprint density at radius 2 is 1.51 bits per heavy atom. The summed E-state index contributed by atoms with van der Waals surface area (Å²) < 4.78 is 0. The van der Waals surface area contributed by atoms with Crippen molar-refractivity contribution < 1.29 is 33.6 Å². The minimum Gasteiger partial charge on any atom is -0.347 e. The molecule has 1 aromatic carbocycles. The minimum absolute atomic E-state index is 0.0557. The topological polar surface area (TPSA) is 186 Å². The first-order valence-corrected chi connectivity index (χ1v) is 17.7. The highest BCUT2D eigenvalue weighted by Gasteiger charge is 2.48. The number of Topliss-reactive ketones (excluding diaryl/α,β-unsaturated/α-hetero) is 1. The Labute approximate surface area is 302 Å². The average molecular weight is 714 g/mol. The molecule has 1 saturated heterocycles. The molecule has 0 aliphatic carbocycles. The fourth-order valence-electron chi connectivity index (χ4n) is 5.89. The second-order valence-corrected chi connectivity index (χ2v) is 15.4. The summed E-state index contributed by atoms with van der Waals surface area (Å²) in [4.78, 5) is 95.3. The highest BCUT2D eigenvalue weighted by molar-refractivity contribution is 6.38. The first kappa shape index (κ1) is 42.7. The average Bonchev–Trinajstić information content (AvgIpc) is 3.52. The number of amides is 7. The summed E-state index contributed by atoms with van der Waals surface area (Å²) in [7, 11) is 3.11. The molecule has 1 fully saturated rings. The Kier molecular flexibility index (Phi) is 15.2. The van der Waals surface area contributed by atoms with Crippen molar-refractivity contribution >= 4 is 41.4 Å². The summed E-state index contributed by atoms with van der Waals surface area (Å²) in [5, 5.41) is 13.2. The first-order chi connectivity index (χ1) is 23.6. The Balaban J connectivity index is 2.17. The molecule has 51 heavy (non-hydrogen) atoms. The molecule has 14 heteroatoms. The summed E-state index contributed by atoms with van der Waals surface area (Å²) in [6.07, 6.45) is 1.97. The Hall–Kier alpha value is -4.49. The predicted molar refractivity (Wildman–Crippen MR) is 194 cm³/mol. The van der Waals surface area contributed by atoms with Crippen molar-refractivity contribution in [1.29, 1.82) is 0 Å². The monoisotopic (exact) mass is 713 g/mol. The third-order valence-electron chi connectivity index (χ3n) is 9.61. The standard InChI is InChI=1S/C37H59N7O7/c1-12-22(3)25-19-20-44(34(50)30(36(5,6)7)41-35(51)42-37(8,9)13-2)28(25)31(47)39-23(4)29(46)32(48)38-21-26(45)40-27(33(49)43(10)11)24-17-15-14-16-18-24/h14-18,22-23,25,27-28,30H,12-13,19-21H2,1-11H3,(H,38,48)(H,39,47)(H,40,45)(H2,41,42,51)/t22-,23?,25?,27?,28?,30?/m1/s1. The smallest absolute Gasteiger partial charge is 0.315 e. The van der Waals surface area contributed by atoms with E-state index in [0.717, 1.165) is 6.42 Å². The van der Waals surface area contributed by atoms with Crippen molar-refractivity contribution in [2.24, 2.45) is 17.3 Å². The number of nitrogens with zero attached hydrogens (tertiary/aromatic N) is 2. The number of rotatable bonds is 15. The molecule has 5 N–H and O–H groups in total. The van der Waals surface area contributed by atoms with E-state index in [1.807, 2.05) is 55.4 Å². The van der Waals surface area contributed by atoms with E-state index in [9.17, 15) is 33.6 Å². The van der Waals surface area contributed by atoms with Crippen LogP contribution in [0.2, 0.25) is 0 Å². The van der Waals surface area contributed by atoms with Crippen molar-refractivity contribution in [2.75, 3.05) is 27.2 Å². The molecule has 1 aromatic rings. The van der Waals surface area contributed by atoms with Crippen LogP contribution in [-0.4, -0.2) is 102 Å². The van der Waals surface area contributed by atoms with E-state index in [4.69, 9.17) is 0 Å². The van der Waals surface area contributed by atoms with Crippen molar-refractivity contribution in [3.8, 4) is 0 Å². The van der Waals surface area contributed by atoms with Gasteiger partial charge in [0, 0.05) is 26.2 Å². The van der Waals surface area contributed by atoms with Crippen LogP contribution >= 0.6 is 0 Å². The van der Waals surface area contributed by atoms with Gasteiger partial charge in [0.15, 0.2) is 0 Å². The zero-order valence-corrected chi connectivity index (χ0v) is 32.1. The van der Waals surface area contributed by atoms with Crippen LogP contribution in [-0.2, 0) is 28.8 Å². The molecule has 6 atom stereocenters. The number of urea groups is 1. The molecule has 5 unspecified atom stereocenters. The van der Waals surface area contributed by atoms with Crippen LogP contribution in [0.3, 0.4) is 0 Å². The van der Waals surface area contributed by atoms with Gasteiger partial charge in [-0.05, 0) is 56.4 Å². The van der Waals surface area contributed by atoms with E-state index >= 15 is 0 Å². The normalized spacial score (nSPS) is 18.4. The largest absolute Gasteiger partial charge is 0.347 e. The summed E-state index contributed by atoms with van der Waals surface area (Å²) in [5.41, 5.74) is -0.650. The van der Waals surface area contributed by atoms with E-state index in [-0.39, 0.29) is 24.3 Å². The van der Waals surface area contributed by atoms with Crippen molar-refractivity contribution in [3.63, 3.8) is 0 Å².